The Morgan fingerprint density at radius 2 is 2.31 bits per heavy atom. The molecule has 16 heavy (non-hydrogen) atoms. The number of nitrogens with two attached hydrogens (primary N) is 1. The second-order valence-corrected chi connectivity index (χ2v) is 5.13. The Labute approximate surface area is 96.0 Å². The summed E-state index contributed by atoms with van der Waals surface area (Å²) in [5.74, 6) is 0.725. The molecule has 0 spiro atoms. The summed E-state index contributed by atoms with van der Waals surface area (Å²) in [7, 11) is 0. The van der Waals surface area contributed by atoms with E-state index >= 15 is 0 Å². The molecular formula is C12H19N3O. The molecule has 1 saturated carbocycles. The fourth-order valence-corrected chi connectivity index (χ4v) is 2.94. The second-order valence-electron chi connectivity index (χ2n) is 5.13. The lowest BCUT2D eigenvalue weighted by Gasteiger charge is -2.37. The quantitative estimate of drug-likeness (QED) is 0.517. The molecule has 0 aromatic heterocycles. The molecule has 0 aromatic rings. The van der Waals surface area contributed by atoms with Crippen molar-refractivity contribution in [2.75, 3.05) is 0 Å². The van der Waals surface area contributed by atoms with E-state index in [1.165, 1.54) is 18.4 Å². The number of nitrogens with zero attached hydrogens (tertiary/aromatic N) is 1. The molecule has 0 aliphatic heterocycles. The van der Waals surface area contributed by atoms with E-state index in [4.69, 9.17) is 5.73 Å². The molecule has 0 radical (unpaired) electrons. The van der Waals surface area contributed by atoms with Crippen molar-refractivity contribution >= 4 is 11.7 Å². The van der Waals surface area contributed by atoms with Crippen molar-refractivity contribution in [2.45, 2.75) is 39.5 Å². The van der Waals surface area contributed by atoms with Gasteiger partial charge in [-0.15, -0.1) is 0 Å². The average molecular weight is 221 g/mol. The van der Waals surface area contributed by atoms with Gasteiger partial charge < -0.3 is 5.73 Å². The summed E-state index contributed by atoms with van der Waals surface area (Å²) in [6, 6.07) is -0.592. The van der Waals surface area contributed by atoms with Gasteiger partial charge in [-0.1, -0.05) is 25.5 Å². The topological polar surface area (TPSA) is 67.5 Å². The zero-order valence-corrected chi connectivity index (χ0v) is 9.92. The van der Waals surface area contributed by atoms with Crippen LogP contribution in [0.3, 0.4) is 0 Å². The first-order chi connectivity index (χ1) is 7.51. The molecule has 0 bridgehead atoms. The average Bonchev–Trinajstić information content (AvgIpc) is 2.65. The number of fused-ring (bicyclic) bond motifs is 1. The minimum Gasteiger partial charge on any atom is -0.350 e. The van der Waals surface area contributed by atoms with Gasteiger partial charge >= 0.3 is 6.03 Å². The molecule has 88 valence electrons. The maximum Gasteiger partial charge on any atom is 0.332 e. The van der Waals surface area contributed by atoms with Gasteiger partial charge in [0.1, 0.15) is 0 Å². The highest BCUT2D eigenvalue weighted by Gasteiger charge is 2.39. The van der Waals surface area contributed by atoms with E-state index in [2.05, 4.69) is 30.5 Å². The summed E-state index contributed by atoms with van der Waals surface area (Å²) >= 11 is 0. The Balaban J connectivity index is 2.22. The van der Waals surface area contributed by atoms with Crippen molar-refractivity contribution in [3.8, 4) is 0 Å². The van der Waals surface area contributed by atoms with E-state index in [0.29, 0.717) is 0 Å². The Morgan fingerprint density at radius 3 is 3.00 bits per heavy atom. The number of hydrogen-bond donors (Lipinski definition) is 2. The number of nitrogens with one attached hydrogen (secondary N) is 1. The van der Waals surface area contributed by atoms with Crippen LogP contribution in [0.2, 0.25) is 0 Å². The molecule has 2 amide bonds. The second kappa shape index (κ2) is 3.92. The third kappa shape index (κ3) is 1.84. The Morgan fingerprint density at radius 1 is 1.56 bits per heavy atom. The molecule has 0 saturated heterocycles. The third-order valence-electron chi connectivity index (χ3n) is 3.79. The highest BCUT2D eigenvalue weighted by atomic mass is 16.2. The van der Waals surface area contributed by atoms with Crippen LogP contribution in [0.1, 0.15) is 39.5 Å². The smallest absolute Gasteiger partial charge is 0.332 e. The largest absolute Gasteiger partial charge is 0.350 e. The molecule has 4 heteroatoms. The lowest BCUT2D eigenvalue weighted by atomic mass is 9.68. The summed E-state index contributed by atoms with van der Waals surface area (Å²) in [6.45, 7) is 4.36. The highest BCUT2D eigenvalue weighted by molar-refractivity contribution is 5.94. The van der Waals surface area contributed by atoms with E-state index in [1.807, 2.05) is 0 Å². The molecule has 2 rings (SSSR count). The van der Waals surface area contributed by atoms with Crippen molar-refractivity contribution in [2.24, 2.45) is 22.2 Å². The van der Waals surface area contributed by atoms with Crippen molar-refractivity contribution in [1.82, 2.24) is 5.43 Å². The minimum absolute atomic E-state index is 0.0259. The molecular weight excluding hydrogens is 202 g/mol. The maximum absolute atomic E-state index is 10.7. The standard InChI is InChI=1S/C12H19N3O/c1-12(2)9-5-3-4-8(9)6-7-10(12)14-15-11(13)16/h5,8H,3-4,6-7H2,1-2H3,(H3,13,15,16)/b14-10-/t8-/m0/s1. The number of allylic oxidation sites excluding steroid dienone is 2. The third-order valence-corrected chi connectivity index (χ3v) is 3.79. The zero-order valence-electron chi connectivity index (χ0n) is 9.92. The molecule has 3 N–H and O–H groups in total. The summed E-state index contributed by atoms with van der Waals surface area (Å²) in [4.78, 5) is 10.7. The number of hydrazone groups is 1. The number of carbonyl (C=O) groups excluding carboxylic acids is 1. The van der Waals surface area contributed by atoms with Gasteiger partial charge in [-0.3, -0.25) is 0 Å². The maximum atomic E-state index is 10.7. The number of hydrogen-bond acceptors (Lipinski definition) is 2. The summed E-state index contributed by atoms with van der Waals surface area (Å²) < 4.78 is 0. The van der Waals surface area contributed by atoms with Crippen LogP contribution in [-0.2, 0) is 0 Å². The van der Waals surface area contributed by atoms with Crippen molar-refractivity contribution < 1.29 is 4.79 Å². The molecule has 4 nitrogen and oxygen atoms in total. The van der Waals surface area contributed by atoms with Gasteiger partial charge in [-0.25, -0.2) is 10.2 Å². The van der Waals surface area contributed by atoms with E-state index < -0.39 is 6.03 Å². The van der Waals surface area contributed by atoms with Crippen LogP contribution in [0.25, 0.3) is 0 Å². The molecule has 1 fully saturated rings. The molecule has 2 aliphatic rings. The lowest BCUT2D eigenvalue weighted by molar-refractivity contribution is 0.249. The van der Waals surface area contributed by atoms with Gasteiger partial charge in [-0.2, -0.15) is 5.10 Å². The minimum atomic E-state index is -0.592. The zero-order chi connectivity index (χ0) is 11.8. The predicted molar refractivity (Wildman–Crippen MR) is 64.0 cm³/mol. The number of carbonyl (C=O) groups is 1. The van der Waals surface area contributed by atoms with Crippen LogP contribution in [0, 0.1) is 11.3 Å². The Kier molecular flexibility index (Phi) is 2.74. The molecule has 2 aliphatic carbocycles. The van der Waals surface area contributed by atoms with E-state index in [0.717, 1.165) is 24.5 Å². The normalized spacial score (nSPS) is 29.8. The van der Waals surface area contributed by atoms with Crippen LogP contribution in [-0.4, -0.2) is 11.7 Å². The van der Waals surface area contributed by atoms with E-state index in [1.54, 1.807) is 0 Å². The lowest BCUT2D eigenvalue weighted by Crippen LogP contribution is -2.37. The summed E-state index contributed by atoms with van der Waals surface area (Å²) in [5.41, 5.74) is 9.88. The van der Waals surface area contributed by atoms with Crippen LogP contribution in [0.4, 0.5) is 4.79 Å². The van der Waals surface area contributed by atoms with E-state index in [-0.39, 0.29) is 5.41 Å². The summed E-state index contributed by atoms with van der Waals surface area (Å²) in [6.07, 6.45) is 6.89. The van der Waals surface area contributed by atoms with Gasteiger partial charge in [0.05, 0.1) is 0 Å². The van der Waals surface area contributed by atoms with Crippen molar-refractivity contribution in [3.63, 3.8) is 0 Å². The van der Waals surface area contributed by atoms with Crippen LogP contribution < -0.4 is 11.2 Å². The van der Waals surface area contributed by atoms with Gasteiger partial charge in [0.25, 0.3) is 0 Å². The molecule has 0 unspecified atom stereocenters. The Bertz CT molecular complexity index is 368. The number of urea groups is 1. The SMILES string of the molecule is CC1(C)C2=CCC[C@H]2CC/C1=N/NC(N)=O. The highest BCUT2D eigenvalue weighted by Crippen LogP contribution is 2.46. The van der Waals surface area contributed by atoms with Gasteiger partial charge in [-0.05, 0) is 31.6 Å². The number of amides is 2. The van der Waals surface area contributed by atoms with Crippen molar-refractivity contribution in [1.29, 1.82) is 0 Å². The number of primary amides is 1. The van der Waals surface area contributed by atoms with Crippen LogP contribution >= 0.6 is 0 Å². The van der Waals surface area contributed by atoms with Crippen LogP contribution in [0.15, 0.2) is 16.8 Å². The van der Waals surface area contributed by atoms with Crippen LogP contribution in [0.5, 0.6) is 0 Å². The fraction of sp³-hybridized carbons (Fsp3) is 0.667. The molecule has 0 aromatic carbocycles. The van der Waals surface area contributed by atoms with Gasteiger partial charge in [0.15, 0.2) is 0 Å². The molecule has 1 atom stereocenters. The molecule has 0 heterocycles. The summed E-state index contributed by atoms with van der Waals surface area (Å²) in [5, 5.41) is 4.15. The Hall–Kier alpha value is -1.32. The number of rotatable bonds is 1. The predicted octanol–water partition coefficient (Wildman–Crippen LogP) is 2.17. The van der Waals surface area contributed by atoms with Gasteiger partial charge in [0, 0.05) is 11.1 Å². The van der Waals surface area contributed by atoms with Crippen molar-refractivity contribution in [3.05, 3.63) is 11.6 Å². The first kappa shape index (κ1) is 11.2. The van der Waals surface area contributed by atoms with E-state index in [9.17, 15) is 4.79 Å². The monoisotopic (exact) mass is 221 g/mol. The fourth-order valence-electron chi connectivity index (χ4n) is 2.94. The van der Waals surface area contributed by atoms with Gasteiger partial charge in [0.2, 0.25) is 0 Å². The first-order valence-electron chi connectivity index (χ1n) is 5.85. The first-order valence-corrected chi connectivity index (χ1v) is 5.85.